The Labute approximate surface area is 188 Å². The molecule has 1 heterocycles. The number of methoxy groups -OCH3 is 3. The Hall–Kier alpha value is -3.67. The number of nitrogens with one attached hydrogen (secondary N) is 1. The summed E-state index contributed by atoms with van der Waals surface area (Å²) in [6.45, 7) is 2.54. The van der Waals surface area contributed by atoms with Crippen molar-refractivity contribution in [3.8, 4) is 17.2 Å². The van der Waals surface area contributed by atoms with Crippen molar-refractivity contribution in [1.82, 2.24) is 4.90 Å². The number of aryl methyl sites for hydroxylation is 1. The first-order valence-electron chi connectivity index (χ1n) is 10.6. The molecule has 3 aromatic carbocycles. The van der Waals surface area contributed by atoms with E-state index >= 15 is 0 Å². The van der Waals surface area contributed by atoms with Crippen LogP contribution in [0.3, 0.4) is 0 Å². The van der Waals surface area contributed by atoms with Crippen LogP contribution in [0.4, 0.5) is 10.5 Å². The lowest BCUT2D eigenvalue weighted by Crippen LogP contribution is -2.43. The Bertz CT molecular complexity index is 1110. The summed E-state index contributed by atoms with van der Waals surface area (Å²) in [6.07, 6.45) is 0.730. The molecule has 0 radical (unpaired) electrons. The van der Waals surface area contributed by atoms with E-state index in [0.717, 1.165) is 40.1 Å². The highest BCUT2D eigenvalue weighted by Gasteiger charge is 2.33. The number of amides is 2. The molecule has 0 saturated heterocycles. The molecule has 6 nitrogen and oxygen atoms in total. The average molecular weight is 433 g/mol. The maximum Gasteiger partial charge on any atom is 0.322 e. The first kappa shape index (κ1) is 21.6. The quantitative estimate of drug-likeness (QED) is 0.602. The molecular formula is C26H28N2O4. The molecule has 0 spiro atoms. The number of ether oxygens (including phenoxy) is 3. The number of fused-ring (bicyclic) bond motifs is 1. The van der Waals surface area contributed by atoms with E-state index in [4.69, 9.17) is 14.2 Å². The topological polar surface area (TPSA) is 60.0 Å². The van der Waals surface area contributed by atoms with Gasteiger partial charge in [-0.15, -0.1) is 0 Å². The van der Waals surface area contributed by atoms with Crippen molar-refractivity contribution in [3.63, 3.8) is 0 Å². The largest absolute Gasteiger partial charge is 0.497 e. The van der Waals surface area contributed by atoms with Gasteiger partial charge in [0, 0.05) is 12.2 Å². The van der Waals surface area contributed by atoms with Gasteiger partial charge in [0.05, 0.1) is 27.4 Å². The summed E-state index contributed by atoms with van der Waals surface area (Å²) in [5.41, 5.74) is 4.95. The molecule has 0 fully saturated rings. The summed E-state index contributed by atoms with van der Waals surface area (Å²) >= 11 is 0. The standard InChI is InChI=1S/C26H28N2O4/c1-17-14-20(30-2)10-11-22(17)27-26(29)28-13-12-19-15-23(31-3)24(32-4)16-21(19)25(28)18-8-6-5-7-9-18/h5-11,14-16,25H,12-13H2,1-4H3,(H,27,29)/t25-/m1/s1. The molecule has 6 heteroatoms. The van der Waals surface area contributed by atoms with Crippen LogP contribution in [-0.4, -0.2) is 38.8 Å². The maximum absolute atomic E-state index is 13.5. The van der Waals surface area contributed by atoms with Crippen LogP contribution in [0.25, 0.3) is 0 Å². The van der Waals surface area contributed by atoms with Crippen LogP contribution in [0.15, 0.2) is 60.7 Å². The van der Waals surface area contributed by atoms with Crippen LogP contribution in [-0.2, 0) is 6.42 Å². The zero-order chi connectivity index (χ0) is 22.7. The molecule has 32 heavy (non-hydrogen) atoms. The molecular weight excluding hydrogens is 404 g/mol. The minimum Gasteiger partial charge on any atom is -0.497 e. The van der Waals surface area contributed by atoms with Gasteiger partial charge in [-0.3, -0.25) is 0 Å². The SMILES string of the molecule is COc1ccc(NC(=O)N2CCc3cc(OC)c(OC)cc3[C@H]2c2ccccc2)c(C)c1. The summed E-state index contributed by atoms with van der Waals surface area (Å²) in [7, 11) is 4.89. The van der Waals surface area contributed by atoms with Crippen LogP contribution in [0.5, 0.6) is 17.2 Å². The summed E-state index contributed by atoms with van der Waals surface area (Å²) in [5.74, 6) is 2.11. The van der Waals surface area contributed by atoms with Crippen molar-refractivity contribution >= 4 is 11.7 Å². The Morgan fingerprint density at radius 1 is 0.938 bits per heavy atom. The van der Waals surface area contributed by atoms with Gasteiger partial charge in [0.2, 0.25) is 0 Å². The number of hydrogen-bond acceptors (Lipinski definition) is 4. The van der Waals surface area contributed by atoms with Gasteiger partial charge in [-0.25, -0.2) is 4.79 Å². The van der Waals surface area contributed by atoms with Gasteiger partial charge in [0.1, 0.15) is 5.75 Å². The highest BCUT2D eigenvalue weighted by Crippen LogP contribution is 2.41. The summed E-state index contributed by atoms with van der Waals surface area (Å²) in [5, 5.41) is 3.09. The average Bonchev–Trinajstić information content (AvgIpc) is 2.83. The highest BCUT2D eigenvalue weighted by atomic mass is 16.5. The molecule has 0 saturated carbocycles. The second kappa shape index (κ2) is 9.22. The van der Waals surface area contributed by atoms with Crippen LogP contribution in [0.2, 0.25) is 0 Å². The Morgan fingerprint density at radius 2 is 1.66 bits per heavy atom. The summed E-state index contributed by atoms with van der Waals surface area (Å²) in [4.78, 5) is 15.4. The number of benzene rings is 3. The van der Waals surface area contributed by atoms with E-state index in [2.05, 4.69) is 17.4 Å². The molecule has 0 aliphatic carbocycles. The predicted octanol–water partition coefficient (Wildman–Crippen LogP) is 5.20. The van der Waals surface area contributed by atoms with Crippen molar-refractivity contribution in [1.29, 1.82) is 0 Å². The molecule has 0 unspecified atom stereocenters. The minimum absolute atomic E-state index is 0.146. The molecule has 2 amide bonds. The molecule has 1 atom stereocenters. The number of hydrogen-bond donors (Lipinski definition) is 1. The third kappa shape index (κ3) is 4.08. The molecule has 166 valence electrons. The molecule has 4 rings (SSSR count). The Balaban J connectivity index is 1.73. The van der Waals surface area contributed by atoms with Crippen molar-refractivity contribution in [3.05, 3.63) is 82.9 Å². The van der Waals surface area contributed by atoms with Gasteiger partial charge in [0.25, 0.3) is 0 Å². The smallest absolute Gasteiger partial charge is 0.322 e. The zero-order valence-corrected chi connectivity index (χ0v) is 18.8. The first-order valence-corrected chi connectivity index (χ1v) is 10.6. The fourth-order valence-electron chi connectivity index (χ4n) is 4.25. The van der Waals surface area contributed by atoms with Gasteiger partial charge < -0.3 is 24.4 Å². The van der Waals surface area contributed by atoms with E-state index in [1.54, 1.807) is 21.3 Å². The van der Waals surface area contributed by atoms with Gasteiger partial charge >= 0.3 is 6.03 Å². The Morgan fingerprint density at radius 3 is 2.31 bits per heavy atom. The lowest BCUT2D eigenvalue weighted by molar-refractivity contribution is 0.193. The lowest BCUT2D eigenvalue weighted by atomic mass is 9.88. The molecule has 1 aliphatic rings. The minimum atomic E-state index is -0.238. The number of carbonyl (C=O) groups excluding carboxylic acids is 1. The summed E-state index contributed by atoms with van der Waals surface area (Å²) in [6, 6.07) is 19.3. The maximum atomic E-state index is 13.5. The third-order valence-electron chi connectivity index (χ3n) is 5.93. The van der Waals surface area contributed by atoms with E-state index in [0.29, 0.717) is 18.0 Å². The van der Waals surface area contributed by atoms with E-state index in [1.165, 1.54) is 0 Å². The second-order valence-electron chi connectivity index (χ2n) is 7.77. The number of rotatable bonds is 5. The van der Waals surface area contributed by atoms with E-state index < -0.39 is 0 Å². The number of carbonyl (C=O) groups is 1. The van der Waals surface area contributed by atoms with Crippen LogP contribution >= 0.6 is 0 Å². The highest BCUT2D eigenvalue weighted by molar-refractivity contribution is 5.91. The van der Waals surface area contributed by atoms with Crippen LogP contribution < -0.4 is 19.5 Å². The van der Waals surface area contributed by atoms with Gasteiger partial charge in [-0.1, -0.05) is 30.3 Å². The number of anilines is 1. The molecule has 1 aliphatic heterocycles. The van der Waals surface area contributed by atoms with Gasteiger partial charge in [-0.2, -0.15) is 0 Å². The zero-order valence-electron chi connectivity index (χ0n) is 18.8. The van der Waals surface area contributed by atoms with Crippen molar-refractivity contribution < 1.29 is 19.0 Å². The van der Waals surface area contributed by atoms with Crippen molar-refractivity contribution in [2.45, 2.75) is 19.4 Å². The number of nitrogens with zero attached hydrogens (tertiary/aromatic N) is 1. The number of urea groups is 1. The molecule has 3 aromatic rings. The first-order chi connectivity index (χ1) is 15.5. The monoisotopic (exact) mass is 432 g/mol. The van der Waals surface area contributed by atoms with Crippen LogP contribution in [0, 0.1) is 6.92 Å². The Kier molecular flexibility index (Phi) is 6.21. The van der Waals surface area contributed by atoms with Crippen LogP contribution in [0.1, 0.15) is 28.3 Å². The summed E-state index contributed by atoms with van der Waals surface area (Å²) < 4.78 is 16.3. The fourth-order valence-corrected chi connectivity index (χ4v) is 4.25. The second-order valence-corrected chi connectivity index (χ2v) is 7.77. The van der Waals surface area contributed by atoms with Gasteiger partial charge in [-0.05, 0) is 65.9 Å². The predicted molar refractivity (Wildman–Crippen MR) is 125 cm³/mol. The van der Waals surface area contributed by atoms with Crippen molar-refractivity contribution in [2.75, 3.05) is 33.2 Å². The third-order valence-corrected chi connectivity index (χ3v) is 5.93. The van der Waals surface area contributed by atoms with Gasteiger partial charge in [0.15, 0.2) is 11.5 Å². The fraction of sp³-hybridized carbons (Fsp3) is 0.269. The van der Waals surface area contributed by atoms with Crippen molar-refractivity contribution in [2.24, 2.45) is 0 Å². The molecule has 0 bridgehead atoms. The van der Waals surface area contributed by atoms with E-state index in [9.17, 15) is 4.79 Å². The lowest BCUT2D eigenvalue weighted by Gasteiger charge is -2.38. The molecule has 1 N–H and O–H groups in total. The van der Waals surface area contributed by atoms with E-state index in [-0.39, 0.29) is 12.1 Å². The normalized spacial score (nSPS) is 15.0. The molecule has 0 aromatic heterocycles. The van der Waals surface area contributed by atoms with E-state index in [1.807, 2.05) is 60.4 Å².